The zero-order valence-electron chi connectivity index (χ0n) is 36.8. The number of piperazine rings is 1. The number of imide groups is 1. The van der Waals surface area contributed by atoms with Crippen LogP contribution in [0.5, 0.6) is 0 Å². The molecule has 3 aliphatic heterocycles. The van der Waals surface area contributed by atoms with E-state index >= 15 is 0 Å². The molecule has 0 spiro atoms. The Bertz CT molecular complexity index is 2870. The van der Waals surface area contributed by atoms with E-state index in [0.29, 0.717) is 51.1 Å². The van der Waals surface area contributed by atoms with Crippen molar-refractivity contribution in [3.8, 4) is 0 Å². The number of aryl methyl sites for hydroxylation is 1. The van der Waals surface area contributed by atoms with E-state index in [1.165, 1.54) is 4.57 Å². The van der Waals surface area contributed by atoms with Crippen molar-refractivity contribution in [2.45, 2.75) is 38.1 Å². The maximum atomic E-state index is 14.8. The number of imidazole rings is 1. The van der Waals surface area contributed by atoms with Crippen LogP contribution in [0.1, 0.15) is 58.9 Å². The van der Waals surface area contributed by atoms with Crippen molar-refractivity contribution < 1.29 is 23.6 Å². The third-order valence-electron chi connectivity index (χ3n) is 12.7. The summed E-state index contributed by atoms with van der Waals surface area (Å²) in [5.41, 5.74) is 7.76. The van der Waals surface area contributed by atoms with Crippen molar-refractivity contribution in [1.82, 2.24) is 39.8 Å². The zero-order chi connectivity index (χ0) is 46.6. The summed E-state index contributed by atoms with van der Waals surface area (Å²) in [5.74, 6) is -1.30. The molecular weight excluding hydrogens is 879 g/mol. The van der Waals surface area contributed by atoms with Gasteiger partial charge in [-0.15, -0.1) is 0 Å². The van der Waals surface area contributed by atoms with Crippen molar-refractivity contribution in [2.24, 2.45) is 13.0 Å². The summed E-state index contributed by atoms with van der Waals surface area (Å²) in [6.07, 6.45) is 4.63. The van der Waals surface area contributed by atoms with Gasteiger partial charge in [0, 0.05) is 80.9 Å². The Labute approximate surface area is 390 Å². The van der Waals surface area contributed by atoms with Crippen LogP contribution in [0.4, 0.5) is 38.9 Å². The fourth-order valence-corrected chi connectivity index (χ4v) is 9.05. The Morgan fingerprint density at radius 1 is 0.806 bits per heavy atom. The van der Waals surface area contributed by atoms with Crippen molar-refractivity contribution in [1.29, 1.82) is 0 Å². The second-order valence-corrected chi connectivity index (χ2v) is 17.5. The highest BCUT2D eigenvalue weighted by Gasteiger charge is 2.32. The summed E-state index contributed by atoms with van der Waals surface area (Å²) in [5, 5.41) is 13.5. The highest BCUT2D eigenvalue weighted by atomic mass is 35.5. The van der Waals surface area contributed by atoms with Crippen LogP contribution in [0.2, 0.25) is 5.02 Å². The molecule has 0 radical (unpaired) electrons. The minimum absolute atomic E-state index is 0.0608. The lowest BCUT2D eigenvalue weighted by Gasteiger charge is -2.37. The van der Waals surface area contributed by atoms with Crippen LogP contribution in [-0.4, -0.2) is 98.5 Å². The van der Waals surface area contributed by atoms with Crippen LogP contribution in [-0.2, 0) is 16.6 Å². The Kier molecular flexibility index (Phi) is 13.3. The Hall–Kier alpha value is -7.15. The Balaban J connectivity index is 0.697. The van der Waals surface area contributed by atoms with Crippen molar-refractivity contribution in [3.05, 3.63) is 130 Å². The molecule has 19 heteroatoms. The average molecular weight is 929 g/mol. The van der Waals surface area contributed by atoms with Gasteiger partial charge in [0.25, 0.3) is 11.8 Å². The molecule has 5 heterocycles. The first kappa shape index (κ1) is 45.0. The number of hydrogen-bond acceptors (Lipinski definition) is 12. The fourth-order valence-electron chi connectivity index (χ4n) is 8.86. The molecule has 67 heavy (non-hydrogen) atoms. The SMILES string of the molecule is Cn1c(=O)n(C2CCC(=O)NC2=O)c2ccc(N3CCN(CCC4CCN(NC(=O)c5ccc(Nc6ncc(F)c(Nc7ccc(C(=O)Nc8ccccc8Cl)cc7)n6)cc5)CC4)CC3)cc21. The number of anilines is 6. The molecule has 17 nitrogen and oxygen atoms in total. The van der Waals surface area contributed by atoms with E-state index < -0.39 is 17.8 Å². The number of para-hydroxylation sites is 1. The van der Waals surface area contributed by atoms with Crippen molar-refractivity contribution in [2.75, 3.05) is 66.7 Å². The van der Waals surface area contributed by atoms with E-state index in [0.717, 1.165) is 82.5 Å². The number of nitrogens with one attached hydrogen (secondary N) is 5. The highest BCUT2D eigenvalue weighted by Crippen LogP contribution is 2.29. The largest absolute Gasteiger partial charge is 0.369 e. The van der Waals surface area contributed by atoms with Gasteiger partial charge in [-0.25, -0.2) is 19.2 Å². The van der Waals surface area contributed by atoms with Gasteiger partial charge in [0.15, 0.2) is 11.6 Å². The number of carbonyl (C=O) groups excluding carboxylic acids is 4. The van der Waals surface area contributed by atoms with Crippen LogP contribution in [0.25, 0.3) is 11.0 Å². The second kappa shape index (κ2) is 19.8. The minimum Gasteiger partial charge on any atom is -0.369 e. The van der Waals surface area contributed by atoms with Crippen molar-refractivity contribution in [3.63, 3.8) is 0 Å². The molecule has 1 atom stereocenters. The van der Waals surface area contributed by atoms with E-state index in [2.05, 4.69) is 46.5 Å². The number of fused-ring (bicyclic) bond motifs is 1. The summed E-state index contributed by atoms with van der Waals surface area (Å²) in [7, 11) is 1.72. The summed E-state index contributed by atoms with van der Waals surface area (Å²) < 4.78 is 17.8. The molecule has 0 saturated carbocycles. The number of amides is 4. The van der Waals surface area contributed by atoms with Gasteiger partial charge in [0.05, 0.1) is 27.9 Å². The van der Waals surface area contributed by atoms with Gasteiger partial charge in [-0.3, -0.25) is 44.0 Å². The molecule has 9 rings (SSSR count). The van der Waals surface area contributed by atoms with Gasteiger partial charge in [-0.2, -0.15) is 4.98 Å². The van der Waals surface area contributed by atoms with Gasteiger partial charge in [-0.05, 0) is 117 Å². The topological polar surface area (TPSA) is 191 Å². The second-order valence-electron chi connectivity index (χ2n) is 17.1. The van der Waals surface area contributed by atoms with E-state index in [1.54, 1.807) is 84.4 Å². The summed E-state index contributed by atoms with van der Waals surface area (Å²) in [6.45, 7) is 6.12. The van der Waals surface area contributed by atoms with Crippen molar-refractivity contribution >= 4 is 80.8 Å². The third kappa shape index (κ3) is 10.3. The summed E-state index contributed by atoms with van der Waals surface area (Å²) >= 11 is 6.16. The number of hydrazine groups is 1. The van der Waals surface area contributed by atoms with E-state index in [4.69, 9.17) is 11.6 Å². The molecule has 2 aromatic heterocycles. The van der Waals surface area contributed by atoms with E-state index in [9.17, 15) is 28.4 Å². The Morgan fingerprint density at radius 3 is 2.19 bits per heavy atom. The first-order valence-corrected chi connectivity index (χ1v) is 22.7. The molecule has 4 aromatic carbocycles. The quantitative estimate of drug-likeness (QED) is 0.0825. The molecule has 3 fully saturated rings. The molecule has 4 amide bonds. The first-order chi connectivity index (χ1) is 32.4. The molecular formula is C48H50ClFN12O5. The number of carbonyl (C=O) groups is 4. The van der Waals surface area contributed by atoms with Crippen LogP contribution in [0, 0.1) is 11.7 Å². The molecule has 3 saturated heterocycles. The van der Waals surface area contributed by atoms with Crippen LogP contribution >= 0.6 is 11.6 Å². The lowest BCUT2D eigenvalue weighted by atomic mass is 9.94. The highest BCUT2D eigenvalue weighted by molar-refractivity contribution is 6.33. The van der Waals surface area contributed by atoms with Gasteiger partial charge >= 0.3 is 5.69 Å². The summed E-state index contributed by atoms with van der Waals surface area (Å²) in [4.78, 5) is 76.6. The molecule has 1 unspecified atom stereocenters. The number of aromatic nitrogens is 4. The number of hydrogen-bond donors (Lipinski definition) is 5. The van der Waals surface area contributed by atoms with Crippen LogP contribution < -0.4 is 37.3 Å². The molecule has 346 valence electrons. The number of halogens is 2. The van der Waals surface area contributed by atoms with E-state index in [1.807, 2.05) is 23.2 Å². The zero-order valence-corrected chi connectivity index (χ0v) is 37.6. The lowest BCUT2D eigenvalue weighted by molar-refractivity contribution is -0.135. The monoisotopic (exact) mass is 928 g/mol. The normalized spacial score (nSPS) is 17.3. The number of benzene rings is 4. The molecule has 5 N–H and O–H groups in total. The number of nitrogens with zero attached hydrogens (tertiary/aromatic N) is 7. The number of rotatable bonds is 13. The van der Waals surface area contributed by atoms with Gasteiger partial charge in [0.1, 0.15) is 6.04 Å². The lowest BCUT2D eigenvalue weighted by Crippen LogP contribution is -2.48. The van der Waals surface area contributed by atoms with Gasteiger partial charge in [-0.1, -0.05) is 23.7 Å². The molecule has 6 aromatic rings. The standard InChI is InChI=1S/C48H50ClFN12O5/c1-58-41-28-35(14-15-39(41)62(48(58)67)40-16-17-42(63)55-46(40)66)60-26-24-59(25-27-60)21-18-30-19-22-61(23-20-30)57-45(65)32-8-12-34(13-9-32)53-47-51-29-37(50)43(56-47)52-33-10-6-31(7-11-33)44(64)54-38-5-3-2-4-36(38)49/h2-15,28-30,40H,16-27H2,1H3,(H,54,64)(H,57,65)(H,55,63,66)(H2,51,52,53,56). The van der Waals surface area contributed by atoms with Gasteiger partial charge in [0.2, 0.25) is 17.8 Å². The average Bonchev–Trinajstić information content (AvgIpc) is 3.58. The van der Waals surface area contributed by atoms with Gasteiger partial charge < -0.3 is 20.9 Å². The predicted molar refractivity (Wildman–Crippen MR) is 254 cm³/mol. The third-order valence-corrected chi connectivity index (χ3v) is 13.1. The van der Waals surface area contributed by atoms with Crippen LogP contribution in [0.15, 0.2) is 102 Å². The first-order valence-electron chi connectivity index (χ1n) is 22.4. The van der Waals surface area contributed by atoms with E-state index in [-0.39, 0.29) is 41.6 Å². The molecule has 3 aliphatic rings. The number of piperidine rings is 2. The van der Waals surface area contributed by atoms with Crippen LogP contribution in [0.3, 0.4) is 0 Å². The maximum Gasteiger partial charge on any atom is 0.329 e. The minimum atomic E-state index is -0.707. The predicted octanol–water partition coefficient (Wildman–Crippen LogP) is 6.21. The summed E-state index contributed by atoms with van der Waals surface area (Å²) in [6, 6.07) is 25.5. The fraction of sp³-hybridized carbons (Fsp3) is 0.312. The molecule has 0 aliphatic carbocycles. The smallest absolute Gasteiger partial charge is 0.329 e. The maximum absolute atomic E-state index is 14.8. The molecule has 0 bridgehead atoms. The Morgan fingerprint density at radius 2 is 1.49 bits per heavy atom.